The van der Waals surface area contributed by atoms with Crippen molar-refractivity contribution in [3.05, 3.63) is 94.0 Å². The number of H-pyrrole nitrogens is 1. The zero-order valence-corrected chi connectivity index (χ0v) is 35.1. The van der Waals surface area contributed by atoms with Crippen LogP contribution < -0.4 is 20.5 Å². The van der Waals surface area contributed by atoms with Crippen molar-refractivity contribution in [1.82, 2.24) is 14.9 Å². The first-order chi connectivity index (χ1) is 28.7. The Balaban J connectivity index is 1.11. The van der Waals surface area contributed by atoms with Crippen LogP contribution in [0.5, 0.6) is 11.5 Å². The summed E-state index contributed by atoms with van der Waals surface area (Å²) in [6, 6.07) is 8.11. The van der Waals surface area contributed by atoms with E-state index in [1.165, 1.54) is 5.56 Å². The predicted molar refractivity (Wildman–Crippen MR) is 234 cm³/mol. The number of hydrogen-bond acceptors (Lipinski definition) is 9. The second-order valence-corrected chi connectivity index (χ2v) is 20.1. The molecule has 6 N–H and O–H groups in total. The Hall–Kier alpha value is -4.07. The van der Waals surface area contributed by atoms with Crippen LogP contribution in [-0.2, 0) is 23.4 Å². The lowest BCUT2D eigenvalue weighted by atomic mass is 9.73. The first-order valence-corrected chi connectivity index (χ1v) is 23.9. The summed E-state index contributed by atoms with van der Waals surface area (Å²) in [5, 5.41) is 27.9. The minimum atomic E-state index is -1.03. The van der Waals surface area contributed by atoms with Gasteiger partial charge in [-0.05, 0) is 77.5 Å². The SMILES string of the molecule is CC1C=CC(C(O)CC(=O)CCc2ccc3c4c2CSSCC2CNC(N)c5ccc6c(c52)Cc2c[nH]c5cn(cc25)C(O4)C(C#CC6O)C2(C#CO3)CCCC2)CC1. The Morgan fingerprint density at radius 1 is 1.08 bits per heavy atom. The number of hydrogen-bond donors (Lipinski definition) is 5. The maximum Gasteiger partial charge on any atom is 0.191 e. The van der Waals surface area contributed by atoms with E-state index in [0.717, 1.165) is 95.1 Å². The van der Waals surface area contributed by atoms with E-state index in [2.05, 4.69) is 88.5 Å². The van der Waals surface area contributed by atoms with Crippen LogP contribution in [0.4, 0.5) is 0 Å². The van der Waals surface area contributed by atoms with Gasteiger partial charge in [0.15, 0.2) is 17.7 Å². The number of carbonyl (C=O) groups excluding carboxylic acids is 1. The first-order valence-electron chi connectivity index (χ1n) is 21.4. The molecule has 8 unspecified atom stereocenters. The van der Waals surface area contributed by atoms with Crippen LogP contribution in [0.1, 0.15) is 122 Å². The molecule has 1 fully saturated rings. The fourth-order valence-corrected chi connectivity index (χ4v) is 12.9. The molecular formula is C48H52N4O5S2. The lowest BCUT2D eigenvalue weighted by Crippen LogP contribution is -2.39. The largest absolute Gasteiger partial charge is 0.465 e. The Labute approximate surface area is 354 Å². The number of aromatic amines is 1. The van der Waals surface area contributed by atoms with Crippen molar-refractivity contribution in [1.29, 1.82) is 0 Å². The van der Waals surface area contributed by atoms with Crippen LogP contribution in [0.25, 0.3) is 10.9 Å². The third-order valence-corrected chi connectivity index (χ3v) is 16.3. The molecule has 59 heavy (non-hydrogen) atoms. The molecule has 7 aliphatic rings. The van der Waals surface area contributed by atoms with E-state index in [9.17, 15) is 15.0 Å². The van der Waals surface area contributed by atoms with E-state index in [1.807, 2.05) is 22.9 Å². The van der Waals surface area contributed by atoms with Gasteiger partial charge < -0.3 is 35.0 Å². The number of nitrogens with one attached hydrogen (secondary N) is 2. The van der Waals surface area contributed by atoms with Gasteiger partial charge in [-0.25, -0.2) is 0 Å². The summed E-state index contributed by atoms with van der Waals surface area (Å²) in [4.78, 5) is 17.1. The number of fused-ring (bicyclic) bond motifs is 4. The van der Waals surface area contributed by atoms with E-state index in [-0.39, 0.29) is 30.2 Å². The first kappa shape index (κ1) is 39.1. The van der Waals surface area contributed by atoms with Gasteiger partial charge in [-0.15, -0.1) is 0 Å². The molecule has 11 heteroatoms. The number of carbonyl (C=O) groups is 1. The number of aryl methyl sites for hydroxylation is 1. The minimum Gasteiger partial charge on any atom is -0.465 e. The minimum absolute atomic E-state index is 0.0191. The molecule has 4 aromatic rings. The fourth-order valence-electron chi connectivity index (χ4n) is 10.5. The predicted octanol–water partition coefficient (Wildman–Crippen LogP) is 8.11. The number of aliphatic hydroxyl groups excluding tert-OH is 2. The molecular weight excluding hydrogens is 777 g/mol. The fraction of sp³-hybridized carbons (Fsp3) is 0.479. The number of aliphatic hydroxyl groups is 2. The number of benzene rings is 2. The highest BCUT2D eigenvalue weighted by atomic mass is 33.1. The number of nitrogens with zero attached hydrogens (tertiary/aromatic N) is 1. The molecule has 8 bridgehead atoms. The number of ketones is 1. The maximum atomic E-state index is 13.5. The van der Waals surface area contributed by atoms with Gasteiger partial charge >= 0.3 is 0 Å². The van der Waals surface area contributed by atoms with E-state index >= 15 is 0 Å². The third-order valence-electron chi connectivity index (χ3n) is 13.9. The summed E-state index contributed by atoms with van der Waals surface area (Å²) >= 11 is 0. The van der Waals surface area contributed by atoms with Crippen molar-refractivity contribution in [2.75, 3.05) is 12.3 Å². The second-order valence-electron chi connectivity index (χ2n) is 17.6. The van der Waals surface area contributed by atoms with Gasteiger partial charge in [0, 0.05) is 78.7 Å². The molecule has 9 nitrogen and oxygen atoms in total. The summed E-state index contributed by atoms with van der Waals surface area (Å²) in [5.74, 6) is 13.5. The molecule has 0 amide bonds. The second kappa shape index (κ2) is 16.1. The van der Waals surface area contributed by atoms with Crippen LogP contribution in [0, 0.1) is 47.0 Å². The van der Waals surface area contributed by atoms with Crippen molar-refractivity contribution < 1.29 is 24.5 Å². The van der Waals surface area contributed by atoms with Crippen LogP contribution >= 0.6 is 21.6 Å². The Kier molecular flexibility index (Phi) is 10.7. The topological polar surface area (TPSA) is 135 Å². The Morgan fingerprint density at radius 3 is 2.80 bits per heavy atom. The lowest BCUT2D eigenvalue weighted by molar-refractivity contribution is -0.121. The molecule has 1 spiro atoms. The number of rotatable bonds is 6. The van der Waals surface area contributed by atoms with E-state index in [4.69, 9.17) is 15.2 Å². The monoisotopic (exact) mass is 828 g/mol. The third kappa shape index (κ3) is 7.32. The molecule has 306 valence electrons. The number of Topliss-reactive ketones (excluding diaryl/α,β-unsaturated/α-hetero) is 1. The zero-order chi connectivity index (χ0) is 40.3. The molecule has 1 saturated carbocycles. The molecule has 2 aliphatic carbocycles. The highest BCUT2D eigenvalue weighted by Gasteiger charge is 2.47. The Morgan fingerprint density at radius 2 is 1.95 bits per heavy atom. The molecule has 11 rings (SSSR count). The van der Waals surface area contributed by atoms with Gasteiger partial charge in [0.2, 0.25) is 0 Å². The lowest BCUT2D eigenvalue weighted by Gasteiger charge is -2.36. The van der Waals surface area contributed by atoms with Gasteiger partial charge in [-0.1, -0.05) is 89.5 Å². The van der Waals surface area contributed by atoms with Gasteiger partial charge in [0.05, 0.1) is 29.1 Å². The number of nitrogens with two attached hydrogens (primary N) is 1. The van der Waals surface area contributed by atoms with Crippen molar-refractivity contribution in [2.24, 2.45) is 28.9 Å². The van der Waals surface area contributed by atoms with Gasteiger partial charge in [-0.3, -0.25) is 10.1 Å². The van der Waals surface area contributed by atoms with Crippen LogP contribution in [0.3, 0.4) is 0 Å². The van der Waals surface area contributed by atoms with Crippen LogP contribution in [-0.4, -0.2) is 43.9 Å². The molecule has 0 saturated heterocycles. The van der Waals surface area contributed by atoms with Crippen LogP contribution in [0.15, 0.2) is 55.0 Å². The standard InChI is InChI=1S/C48H52N4O5S2/c1-28-4-6-30(7-5-28)42(55)21-33(53)10-8-29-9-15-43-45-38(29)27-59-58-26-32-23-51-46(49)35-12-11-34-36(44(32)35)20-31-22-50-40-25-52(24-37(31)40)47(57-45)39(13-14-41(34)54)48(18-19-56-43)16-2-3-17-48/h4,6,9,11-12,15,22,24-25,28,30,32,39,41-42,46-47,50-51,54-55H,2-3,5,7-8,10,16-17,20-21,23,26-27,49H2,1H3. The maximum absolute atomic E-state index is 13.5. The smallest absolute Gasteiger partial charge is 0.191 e. The molecule has 2 aromatic carbocycles. The highest BCUT2D eigenvalue weighted by molar-refractivity contribution is 8.76. The van der Waals surface area contributed by atoms with Crippen molar-refractivity contribution in [3.63, 3.8) is 0 Å². The van der Waals surface area contributed by atoms with Crippen molar-refractivity contribution >= 4 is 38.3 Å². The average Bonchev–Trinajstić information content (AvgIpc) is 3.98. The van der Waals surface area contributed by atoms with Crippen LogP contribution in [0.2, 0.25) is 0 Å². The molecule has 5 aliphatic heterocycles. The van der Waals surface area contributed by atoms with Gasteiger partial charge in [-0.2, -0.15) is 0 Å². The van der Waals surface area contributed by atoms with Crippen molar-refractivity contribution in [3.8, 4) is 35.4 Å². The highest BCUT2D eigenvalue weighted by Crippen LogP contribution is 2.52. The Bertz CT molecular complexity index is 2440. The summed E-state index contributed by atoms with van der Waals surface area (Å²) in [5.41, 5.74) is 14.6. The number of ether oxygens (including phenoxy) is 2. The van der Waals surface area contributed by atoms with E-state index in [0.29, 0.717) is 42.4 Å². The normalized spacial score (nSPS) is 28.2. The molecule has 0 radical (unpaired) electrons. The zero-order valence-electron chi connectivity index (χ0n) is 33.5. The van der Waals surface area contributed by atoms with E-state index in [1.54, 1.807) is 10.8 Å². The summed E-state index contributed by atoms with van der Waals surface area (Å²) in [6.45, 7) is 2.91. The van der Waals surface area contributed by atoms with Gasteiger partial charge in [0.25, 0.3) is 0 Å². The molecule has 8 atom stereocenters. The quantitative estimate of drug-likeness (QED) is 0.0743. The average molecular weight is 829 g/mol. The number of allylic oxidation sites excluding steroid dienone is 1. The molecule has 7 heterocycles. The van der Waals surface area contributed by atoms with Gasteiger partial charge in [0.1, 0.15) is 18.0 Å². The summed E-state index contributed by atoms with van der Waals surface area (Å²) in [7, 11) is 3.59. The summed E-state index contributed by atoms with van der Waals surface area (Å²) < 4.78 is 16.0. The molecule has 2 aromatic heterocycles. The van der Waals surface area contributed by atoms with Crippen molar-refractivity contribution in [2.45, 2.75) is 107 Å². The summed E-state index contributed by atoms with van der Waals surface area (Å²) in [6.07, 6.45) is 18.4. The number of aromatic nitrogens is 2. The van der Waals surface area contributed by atoms with E-state index < -0.39 is 29.8 Å².